The summed E-state index contributed by atoms with van der Waals surface area (Å²) < 4.78 is 5.14. The van der Waals surface area contributed by atoms with Crippen molar-refractivity contribution < 1.29 is 14.3 Å². The molecular formula is C16H22N2O3. The number of methoxy groups -OCH3 is 1. The molecule has 1 aromatic rings. The van der Waals surface area contributed by atoms with Crippen molar-refractivity contribution in [2.24, 2.45) is 11.7 Å². The van der Waals surface area contributed by atoms with Crippen LogP contribution in [0.15, 0.2) is 24.3 Å². The van der Waals surface area contributed by atoms with Crippen molar-refractivity contribution in [2.45, 2.75) is 19.3 Å². The summed E-state index contributed by atoms with van der Waals surface area (Å²) in [6.07, 6.45) is 2.31. The summed E-state index contributed by atoms with van der Waals surface area (Å²) in [5, 5.41) is 0. The molecule has 1 aliphatic rings. The van der Waals surface area contributed by atoms with Crippen molar-refractivity contribution in [1.29, 1.82) is 0 Å². The van der Waals surface area contributed by atoms with Crippen LogP contribution in [0.2, 0.25) is 0 Å². The zero-order valence-electron chi connectivity index (χ0n) is 12.4. The van der Waals surface area contributed by atoms with Gasteiger partial charge in [0.25, 0.3) is 0 Å². The van der Waals surface area contributed by atoms with Gasteiger partial charge in [-0.15, -0.1) is 0 Å². The summed E-state index contributed by atoms with van der Waals surface area (Å²) in [5.41, 5.74) is 5.90. The lowest BCUT2D eigenvalue weighted by molar-refractivity contribution is -0.119. The number of carbonyl (C=O) groups is 2. The van der Waals surface area contributed by atoms with Crippen molar-refractivity contribution in [2.75, 3.05) is 26.7 Å². The number of primary amides is 1. The Kier molecular flexibility index (Phi) is 5.33. The third-order valence-electron chi connectivity index (χ3n) is 3.96. The van der Waals surface area contributed by atoms with Crippen LogP contribution in [0.1, 0.15) is 29.6 Å². The molecule has 2 rings (SSSR count). The van der Waals surface area contributed by atoms with Crippen molar-refractivity contribution in [3.8, 4) is 5.75 Å². The van der Waals surface area contributed by atoms with E-state index in [0.29, 0.717) is 30.2 Å². The van der Waals surface area contributed by atoms with E-state index in [-0.39, 0.29) is 11.7 Å². The summed E-state index contributed by atoms with van der Waals surface area (Å²) in [6.45, 7) is 2.10. The van der Waals surface area contributed by atoms with Gasteiger partial charge in [0.15, 0.2) is 5.78 Å². The molecule has 0 saturated carbocycles. The van der Waals surface area contributed by atoms with Crippen LogP contribution in [0.3, 0.4) is 0 Å². The summed E-state index contributed by atoms with van der Waals surface area (Å²) in [5.74, 6) is 0.926. The number of benzene rings is 1. The van der Waals surface area contributed by atoms with Crippen molar-refractivity contribution >= 4 is 11.7 Å². The number of ether oxygens (including phenoxy) is 1. The minimum Gasteiger partial charge on any atom is -0.497 e. The zero-order valence-corrected chi connectivity index (χ0v) is 12.4. The van der Waals surface area contributed by atoms with Crippen LogP contribution in [0.5, 0.6) is 5.75 Å². The van der Waals surface area contributed by atoms with E-state index in [0.717, 1.165) is 25.9 Å². The number of Topliss-reactive ketones (excluding diaryl/α,β-unsaturated/α-hetero) is 1. The molecular weight excluding hydrogens is 268 g/mol. The Morgan fingerprint density at radius 2 is 2.05 bits per heavy atom. The number of piperidine rings is 1. The summed E-state index contributed by atoms with van der Waals surface area (Å²) in [7, 11) is 1.59. The van der Waals surface area contributed by atoms with Crippen LogP contribution in [-0.2, 0) is 4.79 Å². The quantitative estimate of drug-likeness (QED) is 0.805. The fourth-order valence-electron chi connectivity index (χ4n) is 2.72. The summed E-state index contributed by atoms with van der Waals surface area (Å²) in [6, 6.07) is 7.23. The topological polar surface area (TPSA) is 72.6 Å². The van der Waals surface area contributed by atoms with Gasteiger partial charge in [-0.25, -0.2) is 0 Å². The largest absolute Gasteiger partial charge is 0.497 e. The lowest BCUT2D eigenvalue weighted by Crippen LogP contribution is -2.38. The van der Waals surface area contributed by atoms with Crippen LogP contribution in [-0.4, -0.2) is 43.3 Å². The smallest absolute Gasteiger partial charge is 0.217 e. The molecule has 114 valence electrons. The third kappa shape index (κ3) is 4.56. The van der Waals surface area contributed by atoms with E-state index in [1.165, 1.54) is 0 Å². The number of nitrogens with zero attached hydrogens (tertiary/aromatic N) is 1. The average Bonchev–Trinajstić information content (AvgIpc) is 2.49. The van der Waals surface area contributed by atoms with Crippen LogP contribution in [0, 0.1) is 5.92 Å². The van der Waals surface area contributed by atoms with E-state index in [1.54, 1.807) is 13.2 Å². The molecule has 0 aliphatic carbocycles. The minimum absolute atomic E-state index is 0.0993. The second kappa shape index (κ2) is 7.22. The van der Waals surface area contributed by atoms with E-state index < -0.39 is 0 Å². The highest BCUT2D eigenvalue weighted by Crippen LogP contribution is 2.20. The van der Waals surface area contributed by atoms with E-state index in [9.17, 15) is 9.59 Å². The van der Waals surface area contributed by atoms with Gasteiger partial charge in [0, 0.05) is 12.0 Å². The average molecular weight is 290 g/mol. The molecule has 0 atom stereocenters. The van der Waals surface area contributed by atoms with Gasteiger partial charge in [0.2, 0.25) is 5.91 Å². The van der Waals surface area contributed by atoms with Crippen molar-refractivity contribution in [3.05, 3.63) is 29.8 Å². The van der Waals surface area contributed by atoms with Gasteiger partial charge in [0.05, 0.1) is 13.7 Å². The van der Waals surface area contributed by atoms with Crippen LogP contribution >= 0.6 is 0 Å². The van der Waals surface area contributed by atoms with E-state index in [1.807, 2.05) is 18.2 Å². The third-order valence-corrected chi connectivity index (χ3v) is 3.96. The number of ketones is 1. The molecule has 1 fully saturated rings. The molecule has 5 nitrogen and oxygen atoms in total. The number of likely N-dealkylation sites (tertiary alicyclic amines) is 1. The molecule has 0 bridgehead atoms. The first-order chi connectivity index (χ1) is 10.1. The first-order valence-corrected chi connectivity index (χ1v) is 7.26. The first kappa shape index (κ1) is 15.5. The normalized spacial score (nSPS) is 16.6. The molecule has 21 heavy (non-hydrogen) atoms. The van der Waals surface area contributed by atoms with Gasteiger partial charge in [-0.1, -0.05) is 12.1 Å². The summed E-state index contributed by atoms with van der Waals surface area (Å²) in [4.78, 5) is 25.3. The Balaban J connectivity index is 1.85. The number of rotatable bonds is 6. The fraction of sp³-hybridized carbons (Fsp3) is 0.500. The Morgan fingerprint density at radius 1 is 1.33 bits per heavy atom. The lowest BCUT2D eigenvalue weighted by Gasteiger charge is -2.30. The van der Waals surface area contributed by atoms with Gasteiger partial charge < -0.3 is 10.5 Å². The van der Waals surface area contributed by atoms with Gasteiger partial charge in [-0.3, -0.25) is 14.5 Å². The molecule has 0 aromatic heterocycles. The lowest BCUT2D eigenvalue weighted by atomic mass is 9.93. The van der Waals surface area contributed by atoms with E-state index >= 15 is 0 Å². The fourth-order valence-corrected chi connectivity index (χ4v) is 2.72. The van der Waals surface area contributed by atoms with Gasteiger partial charge in [-0.05, 0) is 44.0 Å². The molecule has 1 aliphatic heterocycles. The molecule has 0 unspecified atom stereocenters. The van der Waals surface area contributed by atoms with E-state index in [4.69, 9.17) is 10.5 Å². The van der Waals surface area contributed by atoms with Crippen LogP contribution in [0.4, 0.5) is 0 Å². The Morgan fingerprint density at radius 3 is 2.67 bits per heavy atom. The molecule has 5 heteroatoms. The molecule has 1 amide bonds. The predicted molar refractivity (Wildman–Crippen MR) is 80.3 cm³/mol. The predicted octanol–water partition coefficient (Wildman–Crippen LogP) is 1.47. The van der Waals surface area contributed by atoms with Gasteiger partial charge >= 0.3 is 0 Å². The number of amides is 1. The number of carbonyl (C=O) groups excluding carboxylic acids is 2. The highest BCUT2D eigenvalue weighted by Gasteiger charge is 2.22. The highest BCUT2D eigenvalue weighted by molar-refractivity contribution is 5.97. The van der Waals surface area contributed by atoms with Crippen molar-refractivity contribution in [3.63, 3.8) is 0 Å². The molecule has 1 saturated heterocycles. The van der Waals surface area contributed by atoms with E-state index in [2.05, 4.69) is 4.90 Å². The maximum Gasteiger partial charge on any atom is 0.217 e. The molecule has 2 N–H and O–H groups in total. The molecule has 0 spiro atoms. The zero-order chi connectivity index (χ0) is 15.2. The Bertz CT molecular complexity index is 508. The minimum atomic E-state index is -0.235. The van der Waals surface area contributed by atoms with Gasteiger partial charge in [0.1, 0.15) is 5.75 Å². The first-order valence-electron chi connectivity index (χ1n) is 7.26. The second-order valence-electron chi connectivity index (χ2n) is 5.55. The molecule has 0 radical (unpaired) electrons. The monoisotopic (exact) mass is 290 g/mol. The SMILES string of the molecule is COc1cccc(C(=O)CN2CCC(CC(N)=O)CC2)c1. The number of hydrogen-bond donors (Lipinski definition) is 1. The van der Waals surface area contributed by atoms with Crippen LogP contribution < -0.4 is 10.5 Å². The Hall–Kier alpha value is -1.88. The van der Waals surface area contributed by atoms with Crippen LogP contribution in [0.25, 0.3) is 0 Å². The summed E-state index contributed by atoms with van der Waals surface area (Å²) >= 11 is 0. The number of nitrogens with two attached hydrogens (primary N) is 1. The highest BCUT2D eigenvalue weighted by atomic mass is 16.5. The van der Waals surface area contributed by atoms with Crippen molar-refractivity contribution in [1.82, 2.24) is 4.90 Å². The maximum absolute atomic E-state index is 12.3. The molecule has 1 aromatic carbocycles. The maximum atomic E-state index is 12.3. The van der Waals surface area contributed by atoms with Gasteiger partial charge in [-0.2, -0.15) is 0 Å². The molecule has 1 heterocycles. The standard InChI is InChI=1S/C16H22N2O3/c1-21-14-4-2-3-13(10-14)15(19)11-18-7-5-12(6-8-18)9-16(17)20/h2-4,10,12H,5-9,11H2,1H3,(H2,17,20). The Labute approximate surface area is 125 Å². The number of hydrogen-bond acceptors (Lipinski definition) is 4. The second-order valence-corrected chi connectivity index (χ2v) is 5.55.